The van der Waals surface area contributed by atoms with Gasteiger partial charge in [-0.15, -0.1) is 0 Å². The molecule has 2 aromatic rings. The van der Waals surface area contributed by atoms with E-state index in [1.807, 2.05) is 6.92 Å². The fourth-order valence-corrected chi connectivity index (χ4v) is 3.78. The van der Waals surface area contributed by atoms with Gasteiger partial charge in [0.2, 0.25) is 0 Å². The SMILES string of the molecule is CCOC(=O)c1[nH]c2ccc(F)cc2c1NC(=O)[C@H](C)[NH+]1CC[NH+](CC)CC1. The number of amides is 1. The Morgan fingerprint density at radius 3 is 2.61 bits per heavy atom. The molecule has 0 spiro atoms. The number of benzene rings is 1. The minimum Gasteiger partial charge on any atom is -0.461 e. The Hall–Kier alpha value is -2.45. The molecule has 1 aromatic carbocycles. The number of piperazine rings is 1. The van der Waals surface area contributed by atoms with E-state index < -0.39 is 11.8 Å². The molecule has 1 aliphatic rings. The van der Waals surface area contributed by atoms with Gasteiger partial charge in [-0.05, 0) is 39.0 Å². The number of halogens is 1. The Labute approximate surface area is 163 Å². The zero-order chi connectivity index (χ0) is 20.3. The summed E-state index contributed by atoms with van der Waals surface area (Å²) in [4.78, 5) is 31.0. The number of likely N-dealkylation sites (N-methyl/N-ethyl adjacent to an activating group) is 1. The van der Waals surface area contributed by atoms with Gasteiger partial charge in [-0.1, -0.05) is 0 Å². The summed E-state index contributed by atoms with van der Waals surface area (Å²) in [5.74, 6) is -1.20. The Bertz CT molecular complexity index is 858. The van der Waals surface area contributed by atoms with Gasteiger partial charge in [-0.25, -0.2) is 9.18 Å². The lowest BCUT2D eigenvalue weighted by molar-refractivity contribution is -1.02. The van der Waals surface area contributed by atoms with Crippen LogP contribution in [0, 0.1) is 5.82 Å². The molecule has 0 radical (unpaired) electrons. The van der Waals surface area contributed by atoms with Gasteiger partial charge in [-0.2, -0.15) is 0 Å². The molecule has 8 heteroatoms. The summed E-state index contributed by atoms with van der Waals surface area (Å²) in [5.41, 5.74) is 0.986. The van der Waals surface area contributed by atoms with E-state index in [4.69, 9.17) is 4.74 Å². The first kappa shape index (κ1) is 20.3. The quantitative estimate of drug-likeness (QED) is 0.506. The predicted octanol–water partition coefficient (Wildman–Crippen LogP) is -0.386. The average molecular weight is 392 g/mol. The largest absolute Gasteiger partial charge is 0.461 e. The molecule has 0 saturated carbocycles. The lowest BCUT2D eigenvalue weighted by Crippen LogP contribution is -3.29. The standard InChI is InChI=1S/C20H27FN4O3/c1-4-24-8-10-25(11-9-24)13(3)19(26)23-17-15-12-14(21)6-7-16(15)22-18(17)20(27)28-5-2/h6-7,12-13,22H,4-5,8-11H2,1-3H3,(H,23,26)/p+2/t13-/m0/s1. The van der Waals surface area contributed by atoms with Crippen LogP contribution in [0.3, 0.4) is 0 Å². The number of carbonyl (C=O) groups excluding carboxylic acids is 2. The first-order valence-corrected chi connectivity index (χ1v) is 9.91. The number of H-pyrrole nitrogens is 1. The Morgan fingerprint density at radius 2 is 1.96 bits per heavy atom. The Balaban J connectivity index is 1.83. The van der Waals surface area contributed by atoms with Crippen LogP contribution in [0.2, 0.25) is 0 Å². The van der Waals surface area contributed by atoms with E-state index in [1.54, 1.807) is 17.9 Å². The van der Waals surface area contributed by atoms with Crippen LogP contribution in [0.5, 0.6) is 0 Å². The van der Waals surface area contributed by atoms with Crippen molar-refractivity contribution in [2.24, 2.45) is 0 Å². The van der Waals surface area contributed by atoms with Crippen LogP contribution in [-0.2, 0) is 9.53 Å². The number of anilines is 1. The topological polar surface area (TPSA) is 80.1 Å². The van der Waals surface area contributed by atoms with Gasteiger partial charge in [0.1, 0.15) is 37.7 Å². The number of aromatic amines is 1. The highest BCUT2D eigenvalue weighted by Gasteiger charge is 2.32. The third-order valence-corrected chi connectivity index (χ3v) is 5.59. The molecule has 152 valence electrons. The van der Waals surface area contributed by atoms with E-state index in [1.165, 1.54) is 17.0 Å². The van der Waals surface area contributed by atoms with Crippen molar-refractivity contribution >= 4 is 28.5 Å². The van der Waals surface area contributed by atoms with Crippen molar-refractivity contribution in [1.29, 1.82) is 0 Å². The van der Waals surface area contributed by atoms with Crippen molar-refractivity contribution in [2.75, 3.05) is 44.6 Å². The number of nitrogens with one attached hydrogen (secondary N) is 4. The summed E-state index contributed by atoms with van der Waals surface area (Å²) in [6, 6.07) is 3.89. The number of hydrogen-bond donors (Lipinski definition) is 4. The maximum Gasteiger partial charge on any atom is 0.356 e. The highest BCUT2D eigenvalue weighted by atomic mass is 19.1. The van der Waals surface area contributed by atoms with Crippen LogP contribution in [0.25, 0.3) is 10.9 Å². The summed E-state index contributed by atoms with van der Waals surface area (Å²) >= 11 is 0. The van der Waals surface area contributed by atoms with Crippen molar-refractivity contribution in [2.45, 2.75) is 26.8 Å². The number of carbonyl (C=O) groups is 2. The molecule has 1 saturated heterocycles. The molecular formula is C20H29FN4O3+2. The van der Waals surface area contributed by atoms with Crippen molar-refractivity contribution in [3.63, 3.8) is 0 Å². The molecule has 28 heavy (non-hydrogen) atoms. The van der Waals surface area contributed by atoms with Crippen molar-refractivity contribution in [3.8, 4) is 0 Å². The average Bonchev–Trinajstić information content (AvgIpc) is 3.05. The molecule has 3 rings (SSSR count). The van der Waals surface area contributed by atoms with E-state index in [0.29, 0.717) is 10.9 Å². The predicted molar refractivity (Wildman–Crippen MR) is 104 cm³/mol. The maximum absolute atomic E-state index is 13.8. The fraction of sp³-hybridized carbons (Fsp3) is 0.500. The summed E-state index contributed by atoms with van der Waals surface area (Å²) in [5, 5.41) is 3.31. The second-order valence-electron chi connectivity index (χ2n) is 7.26. The highest BCUT2D eigenvalue weighted by Crippen LogP contribution is 2.29. The van der Waals surface area contributed by atoms with Crippen molar-refractivity contribution < 1.29 is 28.5 Å². The van der Waals surface area contributed by atoms with Crippen LogP contribution in [0.4, 0.5) is 10.1 Å². The van der Waals surface area contributed by atoms with E-state index in [0.717, 1.165) is 32.7 Å². The zero-order valence-electron chi connectivity index (χ0n) is 16.7. The third-order valence-electron chi connectivity index (χ3n) is 5.59. The summed E-state index contributed by atoms with van der Waals surface area (Å²) in [6.07, 6.45) is 0. The molecule has 1 atom stereocenters. The van der Waals surface area contributed by atoms with Crippen molar-refractivity contribution in [3.05, 3.63) is 29.7 Å². The lowest BCUT2D eigenvalue weighted by atomic mass is 10.1. The molecule has 4 N–H and O–H groups in total. The van der Waals surface area contributed by atoms with E-state index in [2.05, 4.69) is 17.2 Å². The summed E-state index contributed by atoms with van der Waals surface area (Å²) in [6.45, 7) is 11.0. The first-order chi connectivity index (χ1) is 13.4. The minimum atomic E-state index is -0.574. The third kappa shape index (κ3) is 4.18. The van der Waals surface area contributed by atoms with Crippen molar-refractivity contribution in [1.82, 2.24) is 4.98 Å². The normalized spacial score (nSPS) is 20.7. The van der Waals surface area contributed by atoms with Gasteiger partial charge in [0.15, 0.2) is 6.04 Å². The molecule has 7 nitrogen and oxygen atoms in total. The Kier molecular flexibility index (Phi) is 6.31. The van der Waals surface area contributed by atoms with Crippen LogP contribution < -0.4 is 15.1 Å². The fourth-order valence-electron chi connectivity index (χ4n) is 3.78. The second-order valence-corrected chi connectivity index (χ2v) is 7.26. The van der Waals surface area contributed by atoms with Crippen LogP contribution in [0.1, 0.15) is 31.3 Å². The van der Waals surface area contributed by atoms with Gasteiger partial charge >= 0.3 is 5.97 Å². The molecule has 1 aromatic heterocycles. The van der Waals surface area contributed by atoms with Gasteiger partial charge in [0.25, 0.3) is 5.91 Å². The van der Waals surface area contributed by atoms with E-state index in [-0.39, 0.29) is 29.9 Å². The van der Waals surface area contributed by atoms with Gasteiger partial charge in [-0.3, -0.25) is 4.79 Å². The number of hydrogen-bond acceptors (Lipinski definition) is 3. The molecule has 0 aliphatic carbocycles. The molecule has 1 amide bonds. The molecule has 2 heterocycles. The molecule has 0 bridgehead atoms. The van der Waals surface area contributed by atoms with Gasteiger partial charge in [0, 0.05) is 10.9 Å². The number of esters is 1. The smallest absolute Gasteiger partial charge is 0.356 e. The number of ether oxygens (including phenoxy) is 1. The van der Waals surface area contributed by atoms with Crippen LogP contribution >= 0.6 is 0 Å². The monoisotopic (exact) mass is 392 g/mol. The Morgan fingerprint density at radius 1 is 1.25 bits per heavy atom. The second kappa shape index (κ2) is 8.70. The number of fused-ring (bicyclic) bond motifs is 1. The molecular weight excluding hydrogens is 363 g/mol. The highest BCUT2D eigenvalue weighted by molar-refractivity contribution is 6.11. The maximum atomic E-state index is 13.8. The van der Waals surface area contributed by atoms with Gasteiger partial charge < -0.3 is 24.8 Å². The van der Waals surface area contributed by atoms with Gasteiger partial charge in [0.05, 0.1) is 18.8 Å². The molecule has 1 aliphatic heterocycles. The summed E-state index contributed by atoms with van der Waals surface area (Å²) in [7, 11) is 0. The van der Waals surface area contributed by atoms with E-state index in [9.17, 15) is 14.0 Å². The number of rotatable bonds is 6. The minimum absolute atomic E-state index is 0.137. The number of quaternary nitrogens is 2. The summed E-state index contributed by atoms with van der Waals surface area (Å²) < 4.78 is 18.9. The van der Waals surface area contributed by atoms with Crippen LogP contribution in [0.15, 0.2) is 18.2 Å². The van der Waals surface area contributed by atoms with Crippen LogP contribution in [-0.4, -0.2) is 62.2 Å². The zero-order valence-corrected chi connectivity index (χ0v) is 16.7. The number of aromatic nitrogens is 1. The van der Waals surface area contributed by atoms with E-state index >= 15 is 0 Å². The first-order valence-electron chi connectivity index (χ1n) is 9.91. The molecule has 1 fully saturated rings. The lowest BCUT2D eigenvalue weighted by Gasteiger charge is -2.32. The molecule has 0 unspecified atom stereocenters.